The number of likely N-dealkylation sites (tertiary alicyclic amines) is 1. The highest BCUT2D eigenvalue weighted by Gasteiger charge is 2.52. The van der Waals surface area contributed by atoms with Crippen LogP contribution in [-0.4, -0.2) is 55.7 Å². The number of amides is 4. The number of aromatic nitrogens is 2. The summed E-state index contributed by atoms with van der Waals surface area (Å²) < 4.78 is 1.73. The Morgan fingerprint density at radius 2 is 2.03 bits per heavy atom. The van der Waals surface area contributed by atoms with E-state index in [1.165, 1.54) is 16.2 Å². The molecule has 3 aromatic heterocycles. The number of rotatable bonds is 4. The zero-order valence-corrected chi connectivity index (χ0v) is 19.0. The van der Waals surface area contributed by atoms with Gasteiger partial charge in [-0.3, -0.25) is 14.5 Å². The van der Waals surface area contributed by atoms with Crippen LogP contribution in [0.4, 0.5) is 4.79 Å². The SMILES string of the molecule is C[C@]1(C2CCN(C(=O)c3cn4cc(Cl)ccc4n3)CC2)NC(=O)N(Cc2ccsc2)C1=O. The number of nitrogens with zero attached hydrogens (tertiary/aromatic N) is 4. The van der Waals surface area contributed by atoms with Crippen molar-refractivity contribution < 1.29 is 14.4 Å². The largest absolute Gasteiger partial charge is 0.337 e. The number of hydrogen-bond acceptors (Lipinski definition) is 5. The molecule has 3 aromatic rings. The highest BCUT2D eigenvalue weighted by molar-refractivity contribution is 7.07. The van der Waals surface area contributed by atoms with Crippen molar-refractivity contribution in [3.05, 3.63) is 57.6 Å². The molecular formula is C22H22ClN5O3S. The van der Waals surface area contributed by atoms with Crippen LogP contribution in [0.15, 0.2) is 41.4 Å². The fourth-order valence-corrected chi connectivity index (χ4v) is 5.42. The highest BCUT2D eigenvalue weighted by atomic mass is 35.5. The summed E-state index contributed by atoms with van der Waals surface area (Å²) in [6, 6.07) is 5.06. The Hall–Kier alpha value is -2.91. The minimum atomic E-state index is -0.956. The van der Waals surface area contributed by atoms with Crippen LogP contribution in [0.3, 0.4) is 0 Å². The second kappa shape index (κ2) is 7.90. The lowest BCUT2D eigenvalue weighted by molar-refractivity contribution is -0.133. The average molecular weight is 472 g/mol. The van der Waals surface area contributed by atoms with Crippen LogP contribution in [-0.2, 0) is 11.3 Å². The maximum absolute atomic E-state index is 13.2. The number of imidazole rings is 1. The third kappa shape index (κ3) is 3.55. The fraction of sp³-hybridized carbons (Fsp3) is 0.364. The number of carbonyl (C=O) groups is 3. The molecule has 0 spiro atoms. The summed E-state index contributed by atoms with van der Waals surface area (Å²) in [5.74, 6) is -0.389. The number of hydrogen-bond donors (Lipinski definition) is 1. The molecule has 2 aliphatic rings. The number of piperidine rings is 1. The molecule has 0 unspecified atom stereocenters. The van der Waals surface area contributed by atoms with E-state index < -0.39 is 5.54 Å². The van der Waals surface area contributed by atoms with Crippen molar-refractivity contribution in [2.45, 2.75) is 31.8 Å². The minimum absolute atomic E-state index is 0.0460. The summed E-state index contributed by atoms with van der Waals surface area (Å²) in [6.45, 7) is 3.08. The molecule has 0 aromatic carbocycles. The summed E-state index contributed by atoms with van der Waals surface area (Å²) in [4.78, 5) is 46.2. The van der Waals surface area contributed by atoms with Crippen LogP contribution < -0.4 is 5.32 Å². The van der Waals surface area contributed by atoms with Gasteiger partial charge in [-0.25, -0.2) is 9.78 Å². The van der Waals surface area contributed by atoms with Gasteiger partial charge < -0.3 is 14.6 Å². The summed E-state index contributed by atoms with van der Waals surface area (Å²) in [5, 5.41) is 7.36. The van der Waals surface area contributed by atoms with Gasteiger partial charge in [0.15, 0.2) is 0 Å². The predicted octanol–water partition coefficient (Wildman–Crippen LogP) is 3.41. The Morgan fingerprint density at radius 3 is 2.75 bits per heavy atom. The quantitative estimate of drug-likeness (QED) is 0.591. The van der Waals surface area contributed by atoms with Gasteiger partial charge in [-0.1, -0.05) is 11.6 Å². The van der Waals surface area contributed by atoms with Crippen LogP contribution in [0.2, 0.25) is 5.02 Å². The molecule has 2 aliphatic heterocycles. The Morgan fingerprint density at radius 1 is 1.25 bits per heavy atom. The van der Waals surface area contributed by atoms with E-state index in [0.717, 1.165) is 5.56 Å². The van der Waals surface area contributed by atoms with E-state index >= 15 is 0 Å². The first-order chi connectivity index (χ1) is 15.3. The van der Waals surface area contributed by atoms with Gasteiger partial charge >= 0.3 is 6.03 Å². The van der Waals surface area contributed by atoms with Gasteiger partial charge in [0.1, 0.15) is 16.9 Å². The molecule has 2 saturated heterocycles. The molecule has 0 saturated carbocycles. The van der Waals surface area contributed by atoms with Gasteiger partial charge in [0, 0.05) is 25.5 Å². The zero-order chi connectivity index (χ0) is 22.5. The third-order valence-corrected chi connectivity index (χ3v) is 7.41. The maximum atomic E-state index is 13.2. The molecule has 10 heteroatoms. The van der Waals surface area contributed by atoms with Gasteiger partial charge in [0.05, 0.1) is 11.6 Å². The van der Waals surface area contributed by atoms with Crippen molar-refractivity contribution in [2.24, 2.45) is 5.92 Å². The first-order valence-corrected chi connectivity index (χ1v) is 11.8. The summed E-state index contributed by atoms with van der Waals surface area (Å²) in [6.07, 6.45) is 4.64. The topological polar surface area (TPSA) is 87.0 Å². The van der Waals surface area contributed by atoms with Gasteiger partial charge in [-0.2, -0.15) is 11.3 Å². The summed E-state index contributed by atoms with van der Waals surface area (Å²) in [7, 11) is 0. The van der Waals surface area contributed by atoms with E-state index in [9.17, 15) is 14.4 Å². The normalized spacial score (nSPS) is 22.1. The number of imide groups is 1. The molecule has 32 heavy (non-hydrogen) atoms. The molecule has 1 N–H and O–H groups in total. The second-order valence-electron chi connectivity index (χ2n) is 8.46. The molecule has 0 aliphatic carbocycles. The lowest BCUT2D eigenvalue weighted by atomic mass is 9.79. The highest BCUT2D eigenvalue weighted by Crippen LogP contribution is 2.34. The Kier molecular flexibility index (Phi) is 5.17. The van der Waals surface area contributed by atoms with Gasteiger partial charge in [-0.15, -0.1) is 0 Å². The van der Waals surface area contributed by atoms with E-state index in [4.69, 9.17) is 11.6 Å². The van der Waals surface area contributed by atoms with E-state index in [1.54, 1.807) is 40.8 Å². The molecule has 5 rings (SSSR count). The summed E-state index contributed by atoms with van der Waals surface area (Å²) >= 11 is 7.55. The zero-order valence-electron chi connectivity index (χ0n) is 17.5. The van der Waals surface area contributed by atoms with Gasteiger partial charge in [0.2, 0.25) is 0 Å². The van der Waals surface area contributed by atoms with Crippen LogP contribution in [0.25, 0.3) is 5.65 Å². The Labute approximate surface area is 193 Å². The van der Waals surface area contributed by atoms with Crippen LogP contribution in [0, 0.1) is 5.92 Å². The van der Waals surface area contributed by atoms with Crippen molar-refractivity contribution in [3.8, 4) is 0 Å². The number of halogens is 1. The van der Waals surface area contributed by atoms with Crippen molar-refractivity contribution >= 4 is 46.4 Å². The lowest BCUT2D eigenvalue weighted by Gasteiger charge is -2.38. The van der Waals surface area contributed by atoms with Crippen molar-refractivity contribution in [3.63, 3.8) is 0 Å². The third-order valence-electron chi connectivity index (χ3n) is 6.45. The molecule has 8 nitrogen and oxygen atoms in total. The number of fused-ring (bicyclic) bond motifs is 1. The molecule has 0 radical (unpaired) electrons. The van der Waals surface area contributed by atoms with Crippen molar-refractivity contribution in [1.82, 2.24) is 24.5 Å². The first-order valence-electron chi connectivity index (χ1n) is 10.4. The molecule has 5 heterocycles. The van der Waals surface area contributed by atoms with Crippen molar-refractivity contribution in [2.75, 3.05) is 13.1 Å². The minimum Gasteiger partial charge on any atom is -0.337 e. The lowest BCUT2D eigenvalue weighted by Crippen LogP contribution is -2.54. The van der Waals surface area contributed by atoms with E-state index in [0.29, 0.717) is 42.3 Å². The molecule has 0 bridgehead atoms. The number of pyridine rings is 1. The smallest absolute Gasteiger partial charge is 0.325 e. The molecular weight excluding hydrogens is 450 g/mol. The maximum Gasteiger partial charge on any atom is 0.325 e. The average Bonchev–Trinajstić information content (AvgIpc) is 3.49. The Bertz CT molecular complexity index is 1200. The summed E-state index contributed by atoms with van der Waals surface area (Å²) in [5.41, 5.74) is 1.01. The molecule has 2 fully saturated rings. The molecule has 4 amide bonds. The number of urea groups is 1. The van der Waals surface area contributed by atoms with E-state index in [1.807, 2.05) is 16.8 Å². The predicted molar refractivity (Wildman–Crippen MR) is 121 cm³/mol. The molecule has 166 valence electrons. The monoisotopic (exact) mass is 471 g/mol. The van der Waals surface area contributed by atoms with Crippen LogP contribution in [0.5, 0.6) is 0 Å². The van der Waals surface area contributed by atoms with E-state index in [2.05, 4.69) is 10.3 Å². The number of carbonyl (C=O) groups excluding carboxylic acids is 3. The first kappa shape index (κ1) is 21.0. The van der Waals surface area contributed by atoms with Gasteiger partial charge in [0.25, 0.3) is 11.8 Å². The molecule has 1 atom stereocenters. The number of thiophene rings is 1. The standard InChI is InChI=1S/C22H22ClN5O3S/c1-22(20(30)28(21(31)25-22)10-14-6-9-32-13-14)15-4-7-26(8-5-15)19(29)17-12-27-11-16(23)2-3-18(27)24-17/h2-3,6,9,11-13,15H,4-5,7-8,10H2,1H3,(H,25,31)/t22-/m1/s1. The fourth-order valence-electron chi connectivity index (χ4n) is 4.59. The van der Waals surface area contributed by atoms with Crippen LogP contribution >= 0.6 is 22.9 Å². The van der Waals surface area contributed by atoms with E-state index in [-0.39, 0.29) is 30.3 Å². The Balaban J connectivity index is 1.26. The second-order valence-corrected chi connectivity index (χ2v) is 9.68. The van der Waals surface area contributed by atoms with Crippen molar-refractivity contribution in [1.29, 1.82) is 0 Å². The number of nitrogens with one attached hydrogen (secondary N) is 1. The van der Waals surface area contributed by atoms with Gasteiger partial charge in [-0.05, 0) is 60.2 Å². The van der Waals surface area contributed by atoms with Crippen LogP contribution in [0.1, 0.15) is 35.8 Å².